The van der Waals surface area contributed by atoms with Gasteiger partial charge < -0.3 is 10.1 Å². The van der Waals surface area contributed by atoms with Crippen LogP contribution in [0.25, 0.3) is 6.08 Å². The lowest BCUT2D eigenvalue weighted by Crippen LogP contribution is -2.54. The number of carbonyl (C=O) groups excluding carboxylic acids is 4. The molecule has 0 saturated carbocycles. The van der Waals surface area contributed by atoms with E-state index in [0.717, 1.165) is 4.90 Å². The van der Waals surface area contributed by atoms with Gasteiger partial charge >= 0.3 is 6.03 Å². The highest BCUT2D eigenvalue weighted by Gasteiger charge is 2.37. The van der Waals surface area contributed by atoms with Gasteiger partial charge in [-0.15, -0.1) is 0 Å². The fourth-order valence-corrected chi connectivity index (χ4v) is 3.98. The number of hydrogen-bond acceptors (Lipinski definition) is 5. The van der Waals surface area contributed by atoms with Crippen LogP contribution in [0.2, 0.25) is 20.1 Å². The van der Waals surface area contributed by atoms with Gasteiger partial charge in [0.1, 0.15) is 11.3 Å². The molecule has 0 bridgehead atoms. The maximum Gasteiger partial charge on any atom is 0.335 e. The molecule has 1 aliphatic rings. The molecule has 3 aromatic carbocycles. The molecule has 5 amide bonds. The van der Waals surface area contributed by atoms with Crippen molar-refractivity contribution in [1.29, 1.82) is 0 Å². The molecule has 0 atom stereocenters. The molecular formula is C25H15Cl4N3O5. The average molecular weight is 579 g/mol. The molecule has 8 nitrogen and oxygen atoms in total. The van der Waals surface area contributed by atoms with Crippen LogP contribution >= 0.6 is 46.4 Å². The molecule has 1 saturated heterocycles. The minimum absolute atomic E-state index is 0.106. The van der Waals surface area contributed by atoms with E-state index in [9.17, 15) is 19.2 Å². The van der Waals surface area contributed by atoms with E-state index in [-0.39, 0.29) is 37.6 Å². The summed E-state index contributed by atoms with van der Waals surface area (Å²) < 4.78 is 5.63. The van der Waals surface area contributed by atoms with Crippen molar-refractivity contribution in [3.63, 3.8) is 0 Å². The summed E-state index contributed by atoms with van der Waals surface area (Å²) >= 11 is 24.1. The average Bonchev–Trinajstić information content (AvgIpc) is 2.84. The molecule has 1 aliphatic heterocycles. The topological polar surface area (TPSA) is 105 Å². The minimum atomic E-state index is -0.954. The summed E-state index contributed by atoms with van der Waals surface area (Å²) in [5.41, 5.74) is 0.361. The summed E-state index contributed by atoms with van der Waals surface area (Å²) in [6.45, 7) is -0.406. The van der Waals surface area contributed by atoms with E-state index in [2.05, 4.69) is 10.6 Å². The first kappa shape index (κ1) is 26.5. The summed E-state index contributed by atoms with van der Waals surface area (Å²) in [6.07, 6.45) is 1.21. The zero-order valence-electron chi connectivity index (χ0n) is 18.6. The molecule has 1 heterocycles. The molecule has 3 aromatic rings. The van der Waals surface area contributed by atoms with Gasteiger partial charge in [-0.25, -0.2) is 9.69 Å². The quantitative estimate of drug-likeness (QED) is 0.276. The Bertz CT molecular complexity index is 1470. The predicted octanol–water partition coefficient (Wildman–Crippen LogP) is 5.98. The number of para-hydroxylation sites is 1. The van der Waals surface area contributed by atoms with Crippen molar-refractivity contribution in [1.82, 2.24) is 5.32 Å². The van der Waals surface area contributed by atoms with E-state index in [1.807, 2.05) is 0 Å². The smallest absolute Gasteiger partial charge is 0.335 e. The number of amides is 5. The van der Waals surface area contributed by atoms with Gasteiger partial charge in [-0.1, -0.05) is 58.5 Å². The van der Waals surface area contributed by atoms with E-state index >= 15 is 0 Å². The van der Waals surface area contributed by atoms with E-state index in [1.165, 1.54) is 42.5 Å². The second-order valence-corrected chi connectivity index (χ2v) is 9.21. The Hall–Kier alpha value is -3.56. The monoisotopic (exact) mass is 577 g/mol. The van der Waals surface area contributed by atoms with Crippen LogP contribution < -0.4 is 20.3 Å². The third-order valence-corrected chi connectivity index (χ3v) is 6.35. The third-order valence-electron chi connectivity index (χ3n) is 5.04. The molecule has 0 spiro atoms. The standard InChI is InChI=1S/C25H15Cl4N3O5/c26-14-5-8-21(37-12-22(33)30-20-4-2-1-3-18(20)28)13(9-14)10-16-23(34)31-25(36)32(24(16)35)15-6-7-17(27)19(29)11-15/h1-11H,12H2,(H,30,33)(H,31,34,36)/b16-10-. The van der Waals surface area contributed by atoms with Gasteiger partial charge in [-0.2, -0.15) is 0 Å². The lowest BCUT2D eigenvalue weighted by Gasteiger charge is -2.26. The van der Waals surface area contributed by atoms with Crippen LogP contribution in [0.4, 0.5) is 16.2 Å². The summed E-state index contributed by atoms with van der Waals surface area (Å²) in [5, 5.41) is 5.71. The minimum Gasteiger partial charge on any atom is -0.483 e. The molecule has 0 aliphatic carbocycles. The number of nitrogens with one attached hydrogen (secondary N) is 2. The molecule has 188 valence electrons. The second kappa shape index (κ2) is 11.2. The second-order valence-electron chi connectivity index (χ2n) is 7.56. The summed E-state index contributed by atoms with van der Waals surface area (Å²) in [6, 6.07) is 14.3. The van der Waals surface area contributed by atoms with Crippen molar-refractivity contribution in [2.75, 3.05) is 16.8 Å². The van der Waals surface area contributed by atoms with Gasteiger partial charge in [0, 0.05) is 10.6 Å². The van der Waals surface area contributed by atoms with Crippen molar-refractivity contribution in [2.24, 2.45) is 0 Å². The van der Waals surface area contributed by atoms with Gasteiger partial charge in [0.05, 0.1) is 26.4 Å². The van der Waals surface area contributed by atoms with Gasteiger partial charge in [0.2, 0.25) is 0 Å². The molecule has 4 rings (SSSR count). The van der Waals surface area contributed by atoms with Crippen LogP contribution in [0, 0.1) is 0 Å². The Morgan fingerprint density at radius 2 is 1.68 bits per heavy atom. The Morgan fingerprint density at radius 1 is 0.919 bits per heavy atom. The van der Waals surface area contributed by atoms with Crippen molar-refractivity contribution in [3.8, 4) is 5.75 Å². The fourth-order valence-electron chi connectivity index (χ4n) is 3.33. The maximum atomic E-state index is 13.2. The number of rotatable bonds is 6. The van der Waals surface area contributed by atoms with Crippen molar-refractivity contribution >= 4 is 87.6 Å². The zero-order valence-corrected chi connectivity index (χ0v) is 21.6. The molecular weight excluding hydrogens is 564 g/mol. The Kier molecular flexibility index (Phi) is 8.04. The highest BCUT2D eigenvalue weighted by Crippen LogP contribution is 2.31. The van der Waals surface area contributed by atoms with Crippen LogP contribution in [0.5, 0.6) is 5.75 Å². The number of urea groups is 1. The number of ether oxygens (including phenoxy) is 1. The summed E-state index contributed by atoms with van der Waals surface area (Å²) in [5.74, 6) is -2.17. The number of anilines is 2. The summed E-state index contributed by atoms with van der Waals surface area (Å²) in [7, 11) is 0. The highest BCUT2D eigenvalue weighted by atomic mass is 35.5. The molecule has 12 heteroatoms. The number of imide groups is 2. The third kappa shape index (κ3) is 6.06. The van der Waals surface area contributed by atoms with Crippen LogP contribution in [-0.4, -0.2) is 30.4 Å². The van der Waals surface area contributed by atoms with E-state index in [4.69, 9.17) is 51.1 Å². The fraction of sp³-hybridized carbons (Fsp3) is 0.0400. The molecule has 0 radical (unpaired) electrons. The van der Waals surface area contributed by atoms with E-state index in [0.29, 0.717) is 10.7 Å². The number of nitrogens with zero attached hydrogens (tertiary/aromatic N) is 1. The predicted molar refractivity (Wildman–Crippen MR) is 142 cm³/mol. The van der Waals surface area contributed by atoms with Crippen LogP contribution in [-0.2, 0) is 14.4 Å². The normalized spacial score (nSPS) is 14.5. The van der Waals surface area contributed by atoms with Gasteiger partial charge in [-0.3, -0.25) is 19.7 Å². The highest BCUT2D eigenvalue weighted by molar-refractivity contribution is 6.43. The first-order chi connectivity index (χ1) is 17.6. The molecule has 0 unspecified atom stereocenters. The Morgan fingerprint density at radius 3 is 2.41 bits per heavy atom. The number of barbiturate groups is 1. The van der Waals surface area contributed by atoms with Gasteiger partial charge in [0.25, 0.3) is 17.7 Å². The zero-order chi connectivity index (χ0) is 26.7. The molecule has 1 fully saturated rings. The number of benzene rings is 3. The van der Waals surface area contributed by atoms with Gasteiger partial charge in [0.15, 0.2) is 6.61 Å². The molecule has 37 heavy (non-hydrogen) atoms. The Labute approximate surface area is 230 Å². The lowest BCUT2D eigenvalue weighted by atomic mass is 10.1. The van der Waals surface area contributed by atoms with Crippen molar-refractivity contribution in [2.45, 2.75) is 0 Å². The van der Waals surface area contributed by atoms with Crippen LogP contribution in [0.3, 0.4) is 0 Å². The first-order valence-corrected chi connectivity index (χ1v) is 12.0. The molecule has 0 aromatic heterocycles. The van der Waals surface area contributed by atoms with E-state index < -0.39 is 30.4 Å². The number of hydrogen-bond donors (Lipinski definition) is 2. The largest absolute Gasteiger partial charge is 0.483 e. The van der Waals surface area contributed by atoms with Crippen molar-refractivity contribution < 1.29 is 23.9 Å². The van der Waals surface area contributed by atoms with Crippen LogP contribution in [0.15, 0.2) is 66.2 Å². The number of carbonyl (C=O) groups is 4. The lowest BCUT2D eigenvalue weighted by molar-refractivity contribution is -0.122. The van der Waals surface area contributed by atoms with Crippen LogP contribution in [0.1, 0.15) is 5.56 Å². The molecule has 2 N–H and O–H groups in total. The van der Waals surface area contributed by atoms with Crippen molar-refractivity contribution in [3.05, 3.63) is 91.9 Å². The van der Waals surface area contributed by atoms with Gasteiger partial charge in [-0.05, 0) is 54.6 Å². The number of halogens is 4. The Balaban J connectivity index is 1.60. The summed E-state index contributed by atoms with van der Waals surface area (Å²) in [4.78, 5) is 51.3. The maximum absolute atomic E-state index is 13.2. The van der Waals surface area contributed by atoms with E-state index in [1.54, 1.807) is 24.3 Å². The SMILES string of the molecule is O=C(COc1ccc(Cl)cc1/C=C1/C(=O)NC(=O)N(c2ccc(Cl)c(Cl)c2)C1=O)Nc1ccccc1Cl. The first-order valence-electron chi connectivity index (χ1n) is 10.5.